The average molecular weight is 329 g/mol. The van der Waals surface area contributed by atoms with Crippen molar-refractivity contribution in [2.75, 3.05) is 19.7 Å². The predicted molar refractivity (Wildman–Crippen MR) is 78.0 cm³/mol. The van der Waals surface area contributed by atoms with Gasteiger partial charge in [-0.25, -0.2) is 0 Å². The van der Waals surface area contributed by atoms with Gasteiger partial charge in [0.25, 0.3) is 0 Å². The lowest BCUT2D eigenvalue weighted by Gasteiger charge is -2.14. The summed E-state index contributed by atoms with van der Waals surface area (Å²) in [5.74, 6) is 0.0791. The molecule has 8 heteroatoms. The molecule has 0 aliphatic heterocycles. The van der Waals surface area contributed by atoms with Crippen molar-refractivity contribution < 1.29 is 23.0 Å². The molecule has 0 bridgehead atoms. The number of rotatable bonds is 8. The molecule has 0 fully saturated rings. The number of hydrogen-bond donors (Lipinski definition) is 2. The fraction of sp³-hybridized carbons (Fsp3) is 0.400. The maximum absolute atomic E-state index is 12.6. The van der Waals surface area contributed by atoms with Crippen molar-refractivity contribution in [1.29, 1.82) is 0 Å². The summed E-state index contributed by atoms with van der Waals surface area (Å²) in [7, 11) is 0. The molecule has 0 spiro atoms. The first kappa shape index (κ1) is 17.3. The minimum Gasteiger partial charge on any atom is -0.491 e. The van der Waals surface area contributed by atoms with E-state index < -0.39 is 17.8 Å². The van der Waals surface area contributed by atoms with Crippen molar-refractivity contribution in [3.63, 3.8) is 0 Å². The van der Waals surface area contributed by atoms with Crippen LogP contribution in [0.1, 0.15) is 5.56 Å². The van der Waals surface area contributed by atoms with Crippen LogP contribution in [0.4, 0.5) is 13.2 Å². The number of aliphatic hydroxyl groups is 1. The smallest absolute Gasteiger partial charge is 0.416 e. The van der Waals surface area contributed by atoms with Crippen LogP contribution in [0.15, 0.2) is 42.7 Å². The summed E-state index contributed by atoms with van der Waals surface area (Å²) in [5, 5.41) is 16.8. The van der Waals surface area contributed by atoms with Crippen LogP contribution in [0.25, 0.3) is 0 Å². The molecule has 0 radical (unpaired) electrons. The first-order valence-corrected chi connectivity index (χ1v) is 7.11. The second-order valence-corrected chi connectivity index (χ2v) is 4.96. The van der Waals surface area contributed by atoms with Gasteiger partial charge in [-0.3, -0.25) is 4.68 Å². The number of hydrogen-bond acceptors (Lipinski definition) is 4. The highest BCUT2D eigenvalue weighted by Crippen LogP contribution is 2.31. The van der Waals surface area contributed by atoms with E-state index >= 15 is 0 Å². The van der Waals surface area contributed by atoms with Crippen LogP contribution in [-0.4, -0.2) is 40.7 Å². The number of nitrogens with zero attached hydrogens (tertiary/aromatic N) is 2. The molecule has 5 nitrogen and oxygen atoms in total. The lowest BCUT2D eigenvalue weighted by molar-refractivity contribution is -0.137. The lowest BCUT2D eigenvalue weighted by atomic mass is 10.2. The Balaban J connectivity index is 1.68. The number of benzene rings is 1. The summed E-state index contributed by atoms with van der Waals surface area (Å²) < 4.78 is 44.6. The van der Waals surface area contributed by atoms with Crippen LogP contribution in [0.2, 0.25) is 0 Å². The highest BCUT2D eigenvalue weighted by Gasteiger charge is 2.30. The first-order chi connectivity index (χ1) is 10.9. The number of nitrogens with one attached hydrogen (secondary N) is 1. The van der Waals surface area contributed by atoms with Crippen LogP contribution in [0.3, 0.4) is 0 Å². The minimum absolute atomic E-state index is 0.0791. The largest absolute Gasteiger partial charge is 0.491 e. The van der Waals surface area contributed by atoms with Gasteiger partial charge in [0, 0.05) is 25.5 Å². The SMILES string of the molecule is OC(CNCCn1cccn1)COc1cccc(C(F)(F)F)c1. The van der Waals surface area contributed by atoms with Gasteiger partial charge in [-0.2, -0.15) is 18.3 Å². The standard InChI is InChI=1S/C15H18F3N3O2/c16-15(17,18)12-3-1-4-14(9-12)23-11-13(22)10-19-6-8-21-7-2-5-20-21/h1-5,7,9,13,19,22H,6,8,10-11H2. The van der Waals surface area contributed by atoms with E-state index in [1.54, 1.807) is 10.9 Å². The average Bonchev–Trinajstić information content (AvgIpc) is 3.02. The molecule has 2 N–H and O–H groups in total. The van der Waals surface area contributed by atoms with Gasteiger partial charge in [0.1, 0.15) is 18.5 Å². The Kier molecular flexibility index (Phi) is 6.00. The van der Waals surface area contributed by atoms with Crippen LogP contribution in [0, 0.1) is 0 Å². The Morgan fingerprint density at radius 2 is 2.13 bits per heavy atom. The van der Waals surface area contributed by atoms with Gasteiger partial charge in [-0.15, -0.1) is 0 Å². The molecule has 1 aromatic heterocycles. The molecule has 1 atom stereocenters. The molecule has 0 aliphatic carbocycles. The molecule has 23 heavy (non-hydrogen) atoms. The summed E-state index contributed by atoms with van der Waals surface area (Å²) >= 11 is 0. The third-order valence-corrected chi connectivity index (χ3v) is 3.06. The molecule has 1 heterocycles. The van der Waals surface area contributed by atoms with E-state index in [1.165, 1.54) is 12.1 Å². The highest BCUT2D eigenvalue weighted by molar-refractivity contribution is 5.30. The molecular formula is C15H18F3N3O2. The van der Waals surface area contributed by atoms with Crippen molar-refractivity contribution in [1.82, 2.24) is 15.1 Å². The zero-order chi connectivity index (χ0) is 16.7. The second-order valence-electron chi connectivity index (χ2n) is 4.96. The Morgan fingerprint density at radius 3 is 2.83 bits per heavy atom. The summed E-state index contributed by atoms with van der Waals surface area (Å²) in [5.41, 5.74) is -0.776. The maximum atomic E-state index is 12.6. The van der Waals surface area contributed by atoms with Gasteiger partial charge in [0.2, 0.25) is 0 Å². The normalized spacial score (nSPS) is 13.0. The second kappa shape index (κ2) is 7.98. The highest BCUT2D eigenvalue weighted by atomic mass is 19.4. The van der Waals surface area contributed by atoms with E-state index in [0.29, 0.717) is 13.1 Å². The lowest BCUT2D eigenvalue weighted by Crippen LogP contribution is -2.33. The van der Waals surface area contributed by atoms with Crippen molar-refractivity contribution >= 4 is 0 Å². The van der Waals surface area contributed by atoms with Crippen LogP contribution >= 0.6 is 0 Å². The maximum Gasteiger partial charge on any atom is 0.416 e. The van der Waals surface area contributed by atoms with E-state index in [4.69, 9.17) is 4.74 Å². The zero-order valence-electron chi connectivity index (χ0n) is 12.3. The van der Waals surface area contributed by atoms with E-state index in [2.05, 4.69) is 10.4 Å². The molecule has 2 aromatic rings. The van der Waals surface area contributed by atoms with Crippen molar-refractivity contribution in [2.45, 2.75) is 18.8 Å². The third kappa shape index (κ3) is 5.91. The first-order valence-electron chi connectivity index (χ1n) is 7.11. The third-order valence-electron chi connectivity index (χ3n) is 3.06. The molecule has 2 rings (SSSR count). The Labute approximate surface area is 131 Å². The number of aliphatic hydroxyl groups excluding tert-OH is 1. The fourth-order valence-corrected chi connectivity index (χ4v) is 1.91. The van der Waals surface area contributed by atoms with Gasteiger partial charge >= 0.3 is 6.18 Å². The van der Waals surface area contributed by atoms with E-state index in [0.717, 1.165) is 12.1 Å². The zero-order valence-corrected chi connectivity index (χ0v) is 12.3. The van der Waals surface area contributed by atoms with Crippen LogP contribution in [-0.2, 0) is 12.7 Å². The fourth-order valence-electron chi connectivity index (χ4n) is 1.91. The van der Waals surface area contributed by atoms with Crippen LogP contribution in [0.5, 0.6) is 5.75 Å². The Morgan fingerprint density at radius 1 is 1.30 bits per heavy atom. The molecule has 1 unspecified atom stereocenters. The molecular weight excluding hydrogens is 311 g/mol. The topological polar surface area (TPSA) is 59.3 Å². The Hall–Kier alpha value is -2.06. The molecule has 0 saturated carbocycles. The van der Waals surface area contributed by atoms with Gasteiger partial charge < -0.3 is 15.2 Å². The summed E-state index contributed by atoms with van der Waals surface area (Å²) in [6.07, 6.45) is -1.72. The van der Waals surface area contributed by atoms with Crippen LogP contribution < -0.4 is 10.1 Å². The summed E-state index contributed by atoms with van der Waals surface area (Å²) in [6, 6.07) is 6.40. The molecule has 126 valence electrons. The van der Waals surface area contributed by atoms with E-state index in [1.807, 2.05) is 12.3 Å². The number of halogens is 3. The molecule has 0 saturated heterocycles. The van der Waals surface area contributed by atoms with Gasteiger partial charge in [-0.05, 0) is 24.3 Å². The number of alkyl halides is 3. The minimum atomic E-state index is -4.41. The Bertz CT molecular complexity index is 588. The summed E-state index contributed by atoms with van der Waals surface area (Å²) in [4.78, 5) is 0. The van der Waals surface area contributed by atoms with Gasteiger partial charge in [-0.1, -0.05) is 6.07 Å². The van der Waals surface area contributed by atoms with Crippen molar-refractivity contribution in [2.24, 2.45) is 0 Å². The van der Waals surface area contributed by atoms with Gasteiger partial charge in [0.05, 0.1) is 12.1 Å². The molecule has 0 amide bonds. The molecule has 0 aliphatic rings. The summed E-state index contributed by atoms with van der Waals surface area (Å²) in [6.45, 7) is 1.47. The van der Waals surface area contributed by atoms with Gasteiger partial charge in [0.15, 0.2) is 0 Å². The molecule has 1 aromatic carbocycles. The predicted octanol–water partition coefficient (Wildman–Crippen LogP) is 1.93. The van der Waals surface area contributed by atoms with Crippen molar-refractivity contribution in [3.8, 4) is 5.75 Å². The number of aromatic nitrogens is 2. The quantitative estimate of drug-likeness (QED) is 0.727. The van der Waals surface area contributed by atoms with Crippen molar-refractivity contribution in [3.05, 3.63) is 48.3 Å². The van der Waals surface area contributed by atoms with E-state index in [-0.39, 0.29) is 18.9 Å². The van der Waals surface area contributed by atoms with E-state index in [9.17, 15) is 18.3 Å². The monoisotopic (exact) mass is 329 g/mol. The number of ether oxygens (including phenoxy) is 1.